The van der Waals surface area contributed by atoms with Crippen LogP contribution in [0.5, 0.6) is 0 Å². The summed E-state index contributed by atoms with van der Waals surface area (Å²) in [5.74, 6) is -0.622. The molecule has 27 heavy (non-hydrogen) atoms. The summed E-state index contributed by atoms with van der Waals surface area (Å²) in [7, 11) is 1.96. The van der Waals surface area contributed by atoms with Crippen LogP contribution >= 0.6 is 0 Å². The molecule has 138 valence electrons. The summed E-state index contributed by atoms with van der Waals surface area (Å²) in [4.78, 5) is 4.37. The lowest BCUT2D eigenvalue weighted by Gasteiger charge is -2.06. The van der Waals surface area contributed by atoms with E-state index in [-0.39, 0.29) is 0 Å². The van der Waals surface area contributed by atoms with E-state index in [4.69, 9.17) is 5.10 Å². The Kier molecular flexibility index (Phi) is 4.48. The number of imidazole rings is 1. The lowest BCUT2D eigenvalue weighted by atomic mass is 9.97. The molecule has 0 saturated heterocycles. The third kappa shape index (κ3) is 3.12. The molecule has 0 aliphatic carbocycles. The van der Waals surface area contributed by atoms with Crippen LogP contribution in [0, 0.1) is 0 Å². The highest BCUT2D eigenvalue weighted by Gasteiger charge is 2.24. The molecule has 0 N–H and O–H groups in total. The number of benzene rings is 1. The van der Waals surface area contributed by atoms with E-state index < -0.39 is 12.5 Å². The van der Waals surface area contributed by atoms with Crippen molar-refractivity contribution in [3.05, 3.63) is 66.5 Å². The molecule has 0 saturated carbocycles. The molecule has 0 amide bonds. The van der Waals surface area contributed by atoms with E-state index in [1.165, 1.54) is 11.8 Å². The average Bonchev–Trinajstić information content (AvgIpc) is 3.34. The number of allylic oxidation sites excluding steroid dienone is 5. The standard InChI is InChI=1S/C21H20F2N4/c1-14(5-7-16(23)9-10-22)21-20(18-4-3-11-27(18)25-21)15-6-8-17-19(12-15)26(2)13-24-17/h5-9,12-13H,1,3-4,10-11H2,2H3/b7-5-,16-9+. The van der Waals surface area contributed by atoms with E-state index >= 15 is 0 Å². The fourth-order valence-electron chi connectivity index (χ4n) is 3.54. The van der Waals surface area contributed by atoms with Crippen molar-refractivity contribution in [3.8, 4) is 11.1 Å². The van der Waals surface area contributed by atoms with Gasteiger partial charge in [-0.3, -0.25) is 4.68 Å². The highest BCUT2D eigenvalue weighted by molar-refractivity contribution is 5.88. The van der Waals surface area contributed by atoms with Gasteiger partial charge < -0.3 is 4.57 Å². The zero-order chi connectivity index (χ0) is 19.0. The Morgan fingerprint density at radius 2 is 2.19 bits per heavy atom. The van der Waals surface area contributed by atoms with Crippen LogP contribution in [0.4, 0.5) is 8.78 Å². The van der Waals surface area contributed by atoms with Crippen LogP contribution in [-0.2, 0) is 20.0 Å². The smallest absolute Gasteiger partial charge is 0.121 e. The molecule has 6 heteroatoms. The molecule has 0 fully saturated rings. The van der Waals surface area contributed by atoms with E-state index in [0.717, 1.165) is 53.3 Å². The molecule has 1 aliphatic heterocycles. The third-order valence-corrected chi connectivity index (χ3v) is 4.88. The molecule has 4 rings (SSSR count). The van der Waals surface area contributed by atoms with Crippen LogP contribution in [0.15, 0.2) is 55.2 Å². The molecule has 4 nitrogen and oxygen atoms in total. The number of hydrogen-bond donors (Lipinski definition) is 0. The number of aryl methyl sites for hydroxylation is 2. The molecule has 3 aromatic rings. The van der Waals surface area contributed by atoms with Gasteiger partial charge in [0.1, 0.15) is 12.5 Å². The zero-order valence-corrected chi connectivity index (χ0v) is 15.1. The maximum Gasteiger partial charge on any atom is 0.121 e. The van der Waals surface area contributed by atoms with Gasteiger partial charge in [0.2, 0.25) is 0 Å². The Labute approximate surface area is 156 Å². The van der Waals surface area contributed by atoms with Crippen LogP contribution in [0.2, 0.25) is 0 Å². The summed E-state index contributed by atoms with van der Waals surface area (Å²) in [6.07, 6.45) is 7.44. The lowest BCUT2D eigenvalue weighted by molar-refractivity contribution is 0.547. The normalized spacial score (nSPS) is 14.4. The van der Waals surface area contributed by atoms with E-state index in [9.17, 15) is 8.78 Å². The number of halogens is 2. The minimum absolute atomic E-state index is 0.597. The van der Waals surface area contributed by atoms with Crippen molar-refractivity contribution >= 4 is 16.6 Å². The molecule has 3 heterocycles. The second kappa shape index (κ2) is 6.95. The van der Waals surface area contributed by atoms with Gasteiger partial charge in [-0.05, 0) is 48.3 Å². The number of hydrogen-bond acceptors (Lipinski definition) is 2. The topological polar surface area (TPSA) is 35.6 Å². The van der Waals surface area contributed by atoms with Gasteiger partial charge in [-0.25, -0.2) is 13.8 Å². The van der Waals surface area contributed by atoms with Crippen LogP contribution in [-0.4, -0.2) is 26.0 Å². The molecular weight excluding hydrogens is 346 g/mol. The summed E-state index contributed by atoms with van der Waals surface area (Å²) in [6, 6.07) is 6.13. The highest BCUT2D eigenvalue weighted by Crippen LogP contribution is 2.36. The van der Waals surface area contributed by atoms with Crippen molar-refractivity contribution in [3.63, 3.8) is 0 Å². The van der Waals surface area contributed by atoms with Gasteiger partial charge in [0.15, 0.2) is 0 Å². The fraction of sp³-hybridized carbons (Fsp3) is 0.238. The van der Waals surface area contributed by atoms with Crippen molar-refractivity contribution in [2.45, 2.75) is 19.4 Å². The van der Waals surface area contributed by atoms with Gasteiger partial charge in [-0.2, -0.15) is 5.10 Å². The Bertz CT molecular complexity index is 1090. The molecule has 0 spiro atoms. The number of alkyl halides is 1. The molecule has 0 radical (unpaired) electrons. The minimum Gasteiger partial charge on any atom is -0.334 e. The molecule has 1 aromatic carbocycles. The molecule has 0 atom stereocenters. The summed E-state index contributed by atoms with van der Waals surface area (Å²) in [6.45, 7) is 4.09. The number of nitrogens with zero attached hydrogens (tertiary/aromatic N) is 4. The predicted molar refractivity (Wildman–Crippen MR) is 104 cm³/mol. The van der Waals surface area contributed by atoms with Gasteiger partial charge in [0.05, 0.1) is 23.1 Å². The highest BCUT2D eigenvalue weighted by atomic mass is 19.1. The predicted octanol–water partition coefficient (Wildman–Crippen LogP) is 4.78. The summed E-state index contributed by atoms with van der Waals surface area (Å²) >= 11 is 0. The van der Waals surface area contributed by atoms with Crippen molar-refractivity contribution in [1.29, 1.82) is 0 Å². The van der Waals surface area contributed by atoms with E-state index in [0.29, 0.717) is 5.57 Å². The van der Waals surface area contributed by atoms with Crippen molar-refractivity contribution in [1.82, 2.24) is 19.3 Å². The van der Waals surface area contributed by atoms with Gasteiger partial charge >= 0.3 is 0 Å². The van der Waals surface area contributed by atoms with E-state index in [1.807, 2.05) is 28.4 Å². The van der Waals surface area contributed by atoms with Crippen molar-refractivity contribution < 1.29 is 8.78 Å². The van der Waals surface area contributed by atoms with E-state index in [2.05, 4.69) is 17.6 Å². The lowest BCUT2D eigenvalue weighted by Crippen LogP contribution is -1.94. The van der Waals surface area contributed by atoms with Crippen LogP contribution in [0.3, 0.4) is 0 Å². The Balaban J connectivity index is 1.81. The van der Waals surface area contributed by atoms with Gasteiger partial charge in [-0.1, -0.05) is 18.7 Å². The Hall–Kier alpha value is -3.02. The first kappa shape index (κ1) is 17.4. The molecular formula is C21H20F2N4. The van der Waals surface area contributed by atoms with Gasteiger partial charge in [-0.15, -0.1) is 0 Å². The molecule has 0 bridgehead atoms. The SMILES string of the molecule is C=C(/C=C\C(F)=C/CF)c1nn2c(c1-c1ccc3ncn(C)c3c1)CCC2. The van der Waals surface area contributed by atoms with Crippen molar-refractivity contribution in [2.75, 3.05) is 6.67 Å². The Morgan fingerprint density at radius 3 is 3.00 bits per heavy atom. The maximum atomic E-state index is 13.5. The largest absolute Gasteiger partial charge is 0.334 e. The first-order chi connectivity index (χ1) is 13.1. The Morgan fingerprint density at radius 1 is 1.33 bits per heavy atom. The summed E-state index contributed by atoms with van der Waals surface area (Å²) < 4.78 is 29.7. The fourth-order valence-corrected chi connectivity index (χ4v) is 3.54. The molecule has 1 aliphatic rings. The van der Waals surface area contributed by atoms with Crippen LogP contribution < -0.4 is 0 Å². The first-order valence-electron chi connectivity index (χ1n) is 8.88. The van der Waals surface area contributed by atoms with Crippen molar-refractivity contribution in [2.24, 2.45) is 7.05 Å². The van der Waals surface area contributed by atoms with Gasteiger partial charge in [0, 0.05) is 24.8 Å². The maximum absolute atomic E-state index is 13.5. The zero-order valence-electron chi connectivity index (χ0n) is 15.1. The quantitative estimate of drug-likeness (QED) is 0.610. The minimum atomic E-state index is -0.836. The van der Waals surface area contributed by atoms with Crippen LogP contribution in [0.1, 0.15) is 17.8 Å². The second-order valence-corrected chi connectivity index (χ2v) is 6.66. The van der Waals surface area contributed by atoms with E-state index in [1.54, 1.807) is 12.4 Å². The molecule has 0 unspecified atom stereocenters. The summed E-state index contributed by atoms with van der Waals surface area (Å²) in [5.41, 5.74) is 6.53. The molecule has 2 aromatic heterocycles. The third-order valence-electron chi connectivity index (χ3n) is 4.88. The van der Waals surface area contributed by atoms with Gasteiger partial charge in [0.25, 0.3) is 0 Å². The summed E-state index contributed by atoms with van der Waals surface area (Å²) in [5, 5.41) is 4.71. The number of rotatable bonds is 5. The monoisotopic (exact) mass is 366 g/mol. The first-order valence-corrected chi connectivity index (χ1v) is 8.88. The number of fused-ring (bicyclic) bond motifs is 2. The van der Waals surface area contributed by atoms with Crippen LogP contribution in [0.25, 0.3) is 27.7 Å². The second-order valence-electron chi connectivity index (χ2n) is 6.66. The number of aromatic nitrogens is 4. The average molecular weight is 366 g/mol.